The molecule has 0 aliphatic heterocycles. The molecule has 0 atom stereocenters. The Kier molecular flexibility index (Phi) is 6.28. The normalized spacial score (nSPS) is 10.6. The zero-order valence-corrected chi connectivity index (χ0v) is 14.2. The number of carbonyl (C=O) groups is 1. The fourth-order valence-electron chi connectivity index (χ4n) is 2.20. The zero-order valence-electron chi connectivity index (χ0n) is 14.2. The van der Waals surface area contributed by atoms with Gasteiger partial charge in [-0.05, 0) is 37.1 Å². The van der Waals surface area contributed by atoms with Crippen LogP contribution in [0.3, 0.4) is 0 Å². The van der Waals surface area contributed by atoms with Gasteiger partial charge in [0, 0.05) is 29.5 Å². The summed E-state index contributed by atoms with van der Waals surface area (Å²) in [6.45, 7) is 4.34. The highest BCUT2D eigenvalue weighted by Gasteiger charge is 2.09. The number of non-ortho nitro benzene ring substituents is 1. The lowest BCUT2D eigenvalue weighted by molar-refractivity contribution is -0.384. The van der Waals surface area contributed by atoms with Crippen LogP contribution in [0.5, 0.6) is 5.75 Å². The molecular weight excluding hydrogens is 320 g/mol. The van der Waals surface area contributed by atoms with Crippen molar-refractivity contribution in [2.75, 3.05) is 11.9 Å². The molecule has 2 rings (SSSR count). The molecule has 130 valence electrons. The monoisotopic (exact) mass is 340 g/mol. The van der Waals surface area contributed by atoms with Gasteiger partial charge in [0.2, 0.25) is 5.91 Å². The summed E-state index contributed by atoms with van der Waals surface area (Å²) in [4.78, 5) is 22.4. The van der Waals surface area contributed by atoms with E-state index in [-0.39, 0.29) is 11.6 Å². The van der Waals surface area contributed by atoms with E-state index in [4.69, 9.17) is 4.74 Å². The Morgan fingerprint density at radius 2 is 2.04 bits per heavy atom. The Bertz CT molecular complexity index is 800. The van der Waals surface area contributed by atoms with Gasteiger partial charge >= 0.3 is 0 Å². The first-order valence-electron chi connectivity index (χ1n) is 7.97. The first kappa shape index (κ1) is 18.2. The molecule has 0 saturated carbocycles. The molecule has 0 fully saturated rings. The molecule has 1 amide bonds. The summed E-state index contributed by atoms with van der Waals surface area (Å²) in [6.07, 6.45) is 3.99. The first-order chi connectivity index (χ1) is 12.0. The summed E-state index contributed by atoms with van der Waals surface area (Å²) in [5.74, 6) is 0.405. The van der Waals surface area contributed by atoms with Crippen LogP contribution in [0.15, 0.2) is 48.5 Å². The second-order valence-electron chi connectivity index (χ2n) is 5.47. The summed E-state index contributed by atoms with van der Waals surface area (Å²) in [6, 6.07) is 11.8. The molecule has 0 spiro atoms. The smallest absolute Gasteiger partial charge is 0.269 e. The molecule has 6 heteroatoms. The highest BCUT2D eigenvalue weighted by atomic mass is 16.6. The molecule has 0 aromatic heterocycles. The second kappa shape index (κ2) is 8.63. The van der Waals surface area contributed by atoms with Gasteiger partial charge in [-0.3, -0.25) is 14.9 Å². The standard InChI is InChI=1S/C19H20N2O4/c1-3-12-25-18-7-5-4-6-15(18)8-11-19(22)20-17-10-9-16(21(23)24)13-14(17)2/h4-11,13H,3,12H2,1-2H3,(H,20,22)/b11-8+. The number of nitrogens with one attached hydrogen (secondary N) is 1. The van der Waals surface area contributed by atoms with Crippen LogP contribution in [0.25, 0.3) is 6.08 Å². The third-order valence-electron chi connectivity index (χ3n) is 3.47. The maximum absolute atomic E-state index is 12.1. The number of benzene rings is 2. The zero-order chi connectivity index (χ0) is 18.2. The highest BCUT2D eigenvalue weighted by Crippen LogP contribution is 2.22. The number of carbonyl (C=O) groups excluding carboxylic acids is 1. The Hall–Kier alpha value is -3.15. The summed E-state index contributed by atoms with van der Waals surface area (Å²) in [7, 11) is 0. The van der Waals surface area contributed by atoms with E-state index in [1.165, 1.54) is 24.3 Å². The van der Waals surface area contributed by atoms with Crippen LogP contribution in [0.1, 0.15) is 24.5 Å². The van der Waals surface area contributed by atoms with E-state index in [9.17, 15) is 14.9 Å². The van der Waals surface area contributed by atoms with Crippen molar-refractivity contribution in [3.63, 3.8) is 0 Å². The maximum atomic E-state index is 12.1. The minimum atomic E-state index is -0.467. The van der Waals surface area contributed by atoms with Crippen molar-refractivity contribution in [1.82, 2.24) is 0 Å². The van der Waals surface area contributed by atoms with E-state index in [0.29, 0.717) is 17.9 Å². The number of nitrogens with zero attached hydrogens (tertiary/aromatic N) is 1. The number of hydrogen-bond acceptors (Lipinski definition) is 4. The summed E-state index contributed by atoms with van der Waals surface area (Å²) in [5, 5.41) is 13.5. The quantitative estimate of drug-likeness (QED) is 0.462. The Morgan fingerprint density at radius 1 is 1.28 bits per heavy atom. The molecule has 1 N–H and O–H groups in total. The van der Waals surface area contributed by atoms with E-state index < -0.39 is 4.92 Å². The highest BCUT2D eigenvalue weighted by molar-refractivity contribution is 6.02. The third-order valence-corrected chi connectivity index (χ3v) is 3.47. The molecule has 6 nitrogen and oxygen atoms in total. The summed E-state index contributed by atoms with van der Waals surface area (Å²) >= 11 is 0. The van der Waals surface area contributed by atoms with Gasteiger partial charge in [0.05, 0.1) is 11.5 Å². The second-order valence-corrected chi connectivity index (χ2v) is 5.47. The Morgan fingerprint density at radius 3 is 2.72 bits per heavy atom. The number of ether oxygens (including phenoxy) is 1. The largest absolute Gasteiger partial charge is 0.493 e. The van der Waals surface area contributed by atoms with Crippen molar-refractivity contribution in [1.29, 1.82) is 0 Å². The molecule has 2 aromatic carbocycles. The minimum absolute atomic E-state index is 0.00644. The Labute approximate surface area is 146 Å². The van der Waals surface area contributed by atoms with Gasteiger partial charge < -0.3 is 10.1 Å². The van der Waals surface area contributed by atoms with Crippen LogP contribution in [-0.4, -0.2) is 17.4 Å². The molecule has 25 heavy (non-hydrogen) atoms. The number of anilines is 1. The lowest BCUT2D eigenvalue weighted by atomic mass is 10.1. The number of para-hydroxylation sites is 1. The van der Waals surface area contributed by atoms with E-state index >= 15 is 0 Å². The van der Waals surface area contributed by atoms with E-state index in [1.807, 2.05) is 31.2 Å². The van der Waals surface area contributed by atoms with Gasteiger partial charge in [-0.2, -0.15) is 0 Å². The van der Waals surface area contributed by atoms with Gasteiger partial charge in [0.1, 0.15) is 5.75 Å². The van der Waals surface area contributed by atoms with Gasteiger partial charge in [-0.15, -0.1) is 0 Å². The summed E-state index contributed by atoms with van der Waals surface area (Å²) in [5.41, 5.74) is 1.97. The molecule has 0 bridgehead atoms. The number of amides is 1. The minimum Gasteiger partial charge on any atom is -0.493 e. The molecule has 0 heterocycles. The molecule has 2 aromatic rings. The number of hydrogen-bond donors (Lipinski definition) is 1. The molecule has 0 aliphatic rings. The fourth-order valence-corrected chi connectivity index (χ4v) is 2.20. The van der Waals surface area contributed by atoms with Crippen LogP contribution in [0.2, 0.25) is 0 Å². The Balaban J connectivity index is 2.08. The van der Waals surface area contributed by atoms with Crippen LogP contribution < -0.4 is 10.1 Å². The number of rotatable bonds is 7. The molecule has 0 unspecified atom stereocenters. The van der Waals surface area contributed by atoms with Crippen molar-refractivity contribution in [3.8, 4) is 5.75 Å². The van der Waals surface area contributed by atoms with Crippen molar-refractivity contribution in [2.45, 2.75) is 20.3 Å². The molecule has 0 radical (unpaired) electrons. The SMILES string of the molecule is CCCOc1ccccc1/C=C/C(=O)Nc1ccc([N+](=O)[O-])cc1C. The van der Waals surface area contributed by atoms with E-state index in [0.717, 1.165) is 17.7 Å². The predicted octanol–water partition coefficient (Wildman–Crippen LogP) is 4.34. The van der Waals surface area contributed by atoms with Gasteiger partial charge in [0.15, 0.2) is 0 Å². The maximum Gasteiger partial charge on any atom is 0.269 e. The van der Waals surface area contributed by atoms with E-state index in [2.05, 4.69) is 5.32 Å². The fraction of sp³-hybridized carbons (Fsp3) is 0.211. The molecule has 0 saturated heterocycles. The number of nitro groups is 1. The van der Waals surface area contributed by atoms with Crippen LogP contribution >= 0.6 is 0 Å². The van der Waals surface area contributed by atoms with Crippen LogP contribution in [0.4, 0.5) is 11.4 Å². The van der Waals surface area contributed by atoms with Gasteiger partial charge in [0.25, 0.3) is 5.69 Å². The van der Waals surface area contributed by atoms with Gasteiger partial charge in [-0.1, -0.05) is 25.1 Å². The van der Waals surface area contributed by atoms with Gasteiger partial charge in [-0.25, -0.2) is 0 Å². The summed E-state index contributed by atoms with van der Waals surface area (Å²) < 4.78 is 5.64. The van der Waals surface area contributed by atoms with Crippen molar-refractivity contribution in [3.05, 3.63) is 69.8 Å². The van der Waals surface area contributed by atoms with E-state index in [1.54, 1.807) is 13.0 Å². The number of aryl methyl sites for hydroxylation is 1. The average Bonchev–Trinajstić information content (AvgIpc) is 2.60. The van der Waals surface area contributed by atoms with Crippen molar-refractivity contribution < 1.29 is 14.5 Å². The third kappa shape index (κ3) is 5.17. The average molecular weight is 340 g/mol. The molecule has 0 aliphatic carbocycles. The lowest BCUT2D eigenvalue weighted by Crippen LogP contribution is -2.09. The van der Waals surface area contributed by atoms with Crippen molar-refractivity contribution >= 4 is 23.4 Å². The van der Waals surface area contributed by atoms with Crippen LogP contribution in [0, 0.1) is 17.0 Å². The van der Waals surface area contributed by atoms with Crippen LogP contribution in [-0.2, 0) is 4.79 Å². The predicted molar refractivity (Wildman–Crippen MR) is 97.7 cm³/mol. The lowest BCUT2D eigenvalue weighted by Gasteiger charge is -2.08. The first-order valence-corrected chi connectivity index (χ1v) is 7.97. The number of nitro benzene ring substituents is 1. The topological polar surface area (TPSA) is 81.5 Å². The molecular formula is C19H20N2O4. The van der Waals surface area contributed by atoms with Crippen molar-refractivity contribution in [2.24, 2.45) is 0 Å².